The molecule has 1 atom stereocenters. The summed E-state index contributed by atoms with van der Waals surface area (Å²) in [6, 6.07) is 0. The van der Waals surface area contributed by atoms with E-state index < -0.39 is 0 Å². The molecule has 0 N–H and O–H groups in total. The summed E-state index contributed by atoms with van der Waals surface area (Å²) in [6.07, 6.45) is 8.37. The lowest BCUT2D eigenvalue weighted by atomic mass is 10.2. The van der Waals surface area contributed by atoms with Crippen LogP contribution in [0.4, 0.5) is 0 Å². The summed E-state index contributed by atoms with van der Waals surface area (Å²) in [7, 11) is 0. The van der Waals surface area contributed by atoms with Crippen molar-refractivity contribution in [1.29, 1.82) is 0 Å². The number of aromatic nitrogens is 2. The maximum Gasteiger partial charge on any atom is 0.313 e. The topological polar surface area (TPSA) is 59.6 Å². The first-order valence-electron chi connectivity index (χ1n) is 4.22. The van der Waals surface area contributed by atoms with E-state index in [1.807, 2.05) is 0 Å². The number of carbonyl (C=O) groups is 1. The lowest BCUT2D eigenvalue weighted by molar-refractivity contribution is 0.0983. The van der Waals surface area contributed by atoms with Crippen molar-refractivity contribution in [3.8, 4) is 0 Å². The van der Waals surface area contributed by atoms with Crippen molar-refractivity contribution in [2.24, 2.45) is 9.98 Å². The Morgan fingerprint density at radius 2 is 2.36 bits per heavy atom. The number of aliphatic imine (C=N–C) groups is 2. The molecule has 1 aromatic heterocycles. The summed E-state index contributed by atoms with van der Waals surface area (Å²) in [5, 5.41) is 0. The number of imidazole rings is 1. The molecule has 0 spiro atoms. The summed E-state index contributed by atoms with van der Waals surface area (Å²) in [6.45, 7) is 0. The van der Waals surface area contributed by atoms with E-state index in [9.17, 15) is 4.79 Å². The summed E-state index contributed by atoms with van der Waals surface area (Å²) < 4.78 is 1.73. The van der Waals surface area contributed by atoms with Crippen LogP contribution in [0.15, 0.2) is 34.5 Å². The predicted molar refractivity (Wildman–Crippen MR) is 50.7 cm³/mol. The van der Waals surface area contributed by atoms with E-state index in [2.05, 4.69) is 15.0 Å². The molecule has 0 bridgehead atoms. The second kappa shape index (κ2) is 2.47. The van der Waals surface area contributed by atoms with Gasteiger partial charge in [-0.3, -0.25) is 14.4 Å². The molecule has 0 fully saturated rings. The number of dihydropyridines is 1. The summed E-state index contributed by atoms with van der Waals surface area (Å²) in [5.74, 6) is 0.0502. The van der Waals surface area contributed by atoms with Crippen LogP contribution in [0.3, 0.4) is 0 Å². The molecule has 14 heavy (non-hydrogen) atoms. The van der Waals surface area contributed by atoms with E-state index in [0.717, 1.165) is 0 Å². The summed E-state index contributed by atoms with van der Waals surface area (Å²) >= 11 is 0. The van der Waals surface area contributed by atoms with Gasteiger partial charge in [-0.15, -0.1) is 0 Å². The molecule has 0 radical (unpaired) electrons. The van der Waals surface area contributed by atoms with E-state index in [1.54, 1.807) is 35.3 Å². The molecule has 0 aliphatic carbocycles. The minimum absolute atomic E-state index is 0.213. The highest BCUT2D eigenvalue weighted by molar-refractivity contribution is 6.13. The second-order valence-electron chi connectivity index (χ2n) is 3.03. The van der Waals surface area contributed by atoms with Crippen molar-refractivity contribution in [1.82, 2.24) is 9.55 Å². The van der Waals surface area contributed by atoms with E-state index >= 15 is 0 Å². The third kappa shape index (κ3) is 0.834. The highest BCUT2D eigenvalue weighted by Gasteiger charge is 2.27. The van der Waals surface area contributed by atoms with Crippen molar-refractivity contribution in [2.45, 2.75) is 6.17 Å². The summed E-state index contributed by atoms with van der Waals surface area (Å²) in [5.41, 5.74) is 0.669. The van der Waals surface area contributed by atoms with E-state index in [1.165, 1.54) is 0 Å². The number of fused-ring (bicyclic) bond motifs is 3. The van der Waals surface area contributed by atoms with Crippen LogP contribution in [0, 0.1) is 0 Å². The molecule has 1 amide bonds. The average molecular weight is 186 g/mol. The van der Waals surface area contributed by atoms with Crippen LogP contribution in [-0.4, -0.2) is 27.4 Å². The number of hydrogen-bond donors (Lipinski definition) is 0. The maximum absolute atomic E-state index is 11.4. The van der Waals surface area contributed by atoms with Gasteiger partial charge < -0.3 is 0 Å². The fraction of sp³-hybridized carbons (Fsp3) is 0.111. The molecule has 2 aliphatic rings. The molecular formula is C9H6N4O. The van der Waals surface area contributed by atoms with Crippen molar-refractivity contribution in [3.05, 3.63) is 30.4 Å². The summed E-state index contributed by atoms with van der Waals surface area (Å²) in [4.78, 5) is 23.5. The van der Waals surface area contributed by atoms with Crippen LogP contribution in [0.5, 0.6) is 0 Å². The molecule has 5 heteroatoms. The highest BCUT2D eigenvalue weighted by atomic mass is 16.1. The number of carbonyl (C=O) groups excluding carboxylic acids is 1. The van der Waals surface area contributed by atoms with Gasteiger partial charge in [-0.05, 0) is 12.2 Å². The minimum Gasteiger partial charge on any atom is -0.299 e. The largest absolute Gasteiger partial charge is 0.313 e. The van der Waals surface area contributed by atoms with Crippen molar-refractivity contribution in [3.63, 3.8) is 0 Å². The molecule has 1 aromatic rings. The van der Waals surface area contributed by atoms with Crippen molar-refractivity contribution in [2.75, 3.05) is 0 Å². The fourth-order valence-electron chi connectivity index (χ4n) is 1.59. The van der Waals surface area contributed by atoms with Gasteiger partial charge >= 0.3 is 5.91 Å². The van der Waals surface area contributed by atoms with Gasteiger partial charge in [0.2, 0.25) is 5.82 Å². The van der Waals surface area contributed by atoms with Crippen molar-refractivity contribution < 1.29 is 4.79 Å². The minimum atomic E-state index is -0.303. The van der Waals surface area contributed by atoms with Crippen LogP contribution in [-0.2, 0) is 0 Å². The Hall–Kier alpha value is -2.04. The van der Waals surface area contributed by atoms with Gasteiger partial charge in [0, 0.05) is 18.6 Å². The van der Waals surface area contributed by atoms with Gasteiger partial charge in [0.25, 0.3) is 0 Å². The first-order chi connectivity index (χ1) is 6.86. The smallest absolute Gasteiger partial charge is 0.299 e. The second-order valence-corrected chi connectivity index (χ2v) is 3.03. The van der Waals surface area contributed by atoms with Crippen LogP contribution in [0.2, 0.25) is 0 Å². The first-order valence-corrected chi connectivity index (χ1v) is 4.22. The van der Waals surface area contributed by atoms with Crippen LogP contribution in [0.1, 0.15) is 16.8 Å². The van der Waals surface area contributed by atoms with Gasteiger partial charge in [0.15, 0.2) is 6.17 Å². The zero-order chi connectivity index (χ0) is 9.54. The number of hydrogen-bond acceptors (Lipinski definition) is 3. The Morgan fingerprint density at radius 1 is 1.43 bits per heavy atom. The standard InChI is InChI=1S/C9H6N4O/c14-9-8-11-4-5-13(8)7-6(12-9)2-1-3-10-7/h1-5,7H. The average Bonchev–Trinajstić information content (AvgIpc) is 2.67. The van der Waals surface area contributed by atoms with Gasteiger partial charge in [0.1, 0.15) is 0 Å². The Bertz CT molecular complexity index is 495. The van der Waals surface area contributed by atoms with Gasteiger partial charge in [-0.2, -0.15) is 0 Å². The number of amides is 1. The third-order valence-corrected chi connectivity index (χ3v) is 2.20. The number of rotatable bonds is 0. The molecular weight excluding hydrogens is 180 g/mol. The molecule has 1 unspecified atom stereocenters. The molecule has 68 valence electrons. The lowest BCUT2D eigenvalue weighted by Crippen LogP contribution is -2.27. The molecule has 5 nitrogen and oxygen atoms in total. The van der Waals surface area contributed by atoms with Crippen LogP contribution >= 0.6 is 0 Å². The van der Waals surface area contributed by atoms with E-state index in [0.29, 0.717) is 11.5 Å². The Balaban J connectivity index is 2.23. The maximum atomic E-state index is 11.4. The molecule has 0 aromatic carbocycles. The van der Waals surface area contributed by atoms with Gasteiger partial charge in [-0.1, -0.05) is 0 Å². The van der Waals surface area contributed by atoms with E-state index in [4.69, 9.17) is 0 Å². The highest BCUT2D eigenvalue weighted by Crippen LogP contribution is 2.21. The Labute approximate surface area is 79.5 Å². The molecule has 3 rings (SSSR count). The lowest BCUT2D eigenvalue weighted by Gasteiger charge is -2.21. The zero-order valence-electron chi connectivity index (χ0n) is 7.16. The SMILES string of the molecule is O=C1N=C2C=CC=NC2n2ccnc21. The first kappa shape index (κ1) is 7.37. The van der Waals surface area contributed by atoms with E-state index in [-0.39, 0.29) is 12.1 Å². The zero-order valence-corrected chi connectivity index (χ0v) is 7.16. The third-order valence-electron chi connectivity index (χ3n) is 2.20. The molecule has 0 saturated carbocycles. The van der Waals surface area contributed by atoms with Crippen LogP contribution < -0.4 is 0 Å². The predicted octanol–water partition coefficient (Wildman–Crippen LogP) is 0.617. The molecule has 3 heterocycles. The van der Waals surface area contributed by atoms with Gasteiger partial charge in [-0.25, -0.2) is 9.98 Å². The quantitative estimate of drug-likeness (QED) is 0.596. The van der Waals surface area contributed by atoms with Gasteiger partial charge in [0.05, 0.1) is 5.71 Å². The Kier molecular flexibility index (Phi) is 1.30. The molecule has 0 saturated heterocycles. The Morgan fingerprint density at radius 3 is 3.29 bits per heavy atom. The van der Waals surface area contributed by atoms with Crippen molar-refractivity contribution >= 4 is 17.8 Å². The normalized spacial score (nSPS) is 23.0. The number of allylic oxidation sites excluding steroid dienone is 1. The number of nitrogens with zero attached hydrogens (tertiary/aromatic N) is 4. The van der Waals surface area contributed by atoms with Crippen LogP contribution in [0.25, 0.3) is 0 Å². The fourth-order valence-corrected chi connectivity index (χ4v) is 1.59. The molecule has 2 aliphatic heterocycles. The monoisotopic (exact) mass is 186 g/mol.